The maximum atomic E-state index is 13.5. The summed E-state index contributed by atoms with van der Waals surface area (Å²) in [7, 11) is 0. The summed E-state index contributed by atoms with van der Waals surface area (Å²) in [6.45, 7) is 2.22. The first-order valence-corrected chi connectivity index (χ1v) is 12.4. The van der Waals surface area contributed by atoms with Crippen molar-refractivity contribution in [3.8, 4) is 22.5 Å². The molecule has 38 heavy (non-hydrogen) atoms. The predicted octanol–water partition coefficient (Wildman–Crippen LogP) is 4.19. The smallest absolute Gasteiger partial charge is 0.296 e. The monoisotopic (exact) mass is 506 g/mol. The standard InChI is InChI=1S/C29H26N6O3/c1-2-8-25-26(19-36)35(27(37)17-20-9-4-3-5-10-20)29(38)34(25)18-21-13-15-22(16-14-21)23-11-6-7-12-24(23)28-30-32-33-31-28/h3-7,9-16,19H,2,8,17-18H2,1H3,(H,30,31,32,33). The van der Waals surface area contributed by atoms with Gasteiger partial charge in [-0.1, -0.05) is 92.2 Å². The van der Waals surface area contributed by atoms with Crippen LogP contribution in [-0.2, 0) is 19.4 Å². The fourth-order valence-electron chi connectivity index (χ4n) is 4.66. The third-order valence-corrected chi connectivity index (χ3v) is 6.45. The van der Waals surface area contributed by atoms with E-state index in [1.807, 2.05) is 85.8 Å². The second kappa shape index (κ2) is 11.0. The molecule has 0 aliphatic carbocycles. The van der Waals surface area contributed by atoms with E-state index >= 15 is 0 Å². The Labute approximate surface area is 218 Å². The molecule has 5 rings (SSSR count). The molecule has 0 unspecified atom stereocenters. The first-order chi connectivity index (χ1) is 18.6. The van der Waals surface area contributed by atoms with Gasteiger partial charge in [0.05, 0.1) is 18.7 Å². The molecule has 3 aromatic carbocycles. The summed E-state index contributed by atoms with van der Waals surface area (Å²) in [4.78, 5) is 38.7. The Morgan fingerprint density at radius 1 is 0.921 bits per heavy atom. The van der Waals surface area contributed by atoms with Gasteiger partial charge in [0.1, 0.15) is 5.69 Å². The number of rotatable bonds is 9. The van der Waals surface area contributed by atoms with Gasteiger partial charge in [0.2, 0.25) is 11.7 Å². The number of nitrogens with zero attached hydrogens (tertiary/aromatic N) is 5. The molecule has 0 saturated carbocycles. The van der Waals surface area contributed by atoms with Crippen LogP contribution in [0.1, 0.15) is 45.4 Å². The van der Waals surface area contributed by atoms with Gasteiger partial charge >= 0.3 is 5.69 Å². The van der Waals surface area contributed by atoms with Crippen LogP contribution < -0.4 is 5.69 Å². The number of benzene rings is 3. The molecule has 0 atom stereocenters. The van der Waals surface area contributed by atoms with Gasteiger partial charge in [-0.2, -0.15) is 5.21 Å². The Morgan fingerprint density at radius 3 is 2.29 bits per heavy atom. The number of H-pyrrole nitrogens is 1. The van der Waals surface area contributed by atoms with E-state index in [2.05, 4.69) is 20.6 Å². The molecule has 5 aromatic rings. The van der Waals surface area contributed by atoms with E-state index in [1.165, 1.54) is 0 Å². The van der Waals surface area contributed by atoms with Gasteiger partial charge in [-0.05, 0) is 33.9 Å². The number of carbonyl (C=O) groups is 2. The van der Waals surface area contributed by atoms with E-state index in [1.54, 1.807) is 4.57 Å². The Kier molecular flexibility index (Phi) is 7.17. The zero-order valence-corrected chi connectivity index (χ0v) is 20.9. The molecule has 0 spiro atoms. The lowest BCUT2D eigenvalue weighted by Gasteiger charge is -2.10. The predicted molar refractivity (Wildman–Crippen MR) is 143 cm³/mol. The second-order valence-electron chi connectivity index (χ2n) is 8.94. The van der Waals surface area contributed by atoms with Crippen LogP contribution >= 0.6 is 0 Å². The minimum Gasteiger partial charge on any atom is -0.296 e. The molecule has 0 bridgehead atoms. The van der Waals surface area contributed by atoms with E-state index < -0.39 is 11.6 Å². The van der Waals surface area contributed by atoms with Crippen molar-refractivity contribution in [2.24, 2.45) is 0 Å². The Balaban J connectivity index is 1.47. The molecule has 0 fully saturated rings. The third-order valence-electron chi connectivity index (χ3n) is 6.45. The van der Waals surface area contributed by atoms with Gasteiger partial charge in [-0.25, -0.2) is 9.36 Å². The number of hydrogen-bond acceptors (Lipinski definition) is 6. The van der Waals surface area contributed by atoms with Crippen LogP contribution in [0, 0.1) is 0 Å². The number of nitrogens with one attached hydrogen (secondary N) is 1. The van der Waals surface area contributed by atoms with Crippen molar-refractivity contribution in [3.63, 3.8) is 0 Å². The van der Waals surface area contributed by atoms with Crippen molar-refractivity contribution in [2.45, 2.75) is 32.7 Å². The van der Waals surface area contributed by atoms with Crippen LogP contribution in [0.3, 0.4) is 0 Å². The fraction of sp³-hybridized carbons (Fsp3) is 0.172. The van der Waals surface area contributed by atoms with Gasteiger partial charge < -0.3 is 0 Å². The van der Waals surface area contributed by atoms with Crippen molar-refractivity contribution in [3.05, 3.63) is 112 Å². The molecule has 190 valence electrons. The highest BCUT2D eigenvalue weighted by Gasteiger charge is 2.23. The molecule has 0 aliphatic heterocycles. The average molecular weight is 507 g/mol. The van der Waals surface area contributed by atoms with Crippen molar-refractivity contribution >= 4 is 12.2 Å². The average Bonchev–Trinajstić information content (AvgIpc) is 3.57. The molecular formula is C29H26N6O3. The fourth-order valence-corrected chi connectivity index (χ4v) is 4.66. The third kappa shape index (κ3) is 4.86. The van der Waals surface area contributed by atoms with Crippen LogP contribution in [0.4, 0.5) is 0 Å². The van der Waals surface area contributed by atoms with E-state index in [0.717, 1.165) is 38.8 Å². The number of imidazole rings is 1. The summed E-state index contributed by atoms with van der Waals surface area (Å²) in [6.07, 6.45) is 1.88. The second-order valence-corrected chi connectivity index (χ2v) is 8.94. The molecular weight excluding hydrogens is 480 g/mol. The minimum atomic E-state index is -0.497. The van der Waals surface area contributed by atoms with Crippen molar-refractivity contribution < 1.29 is 9.59 Å². The molecule has 0 amide bonds. The maximum absolute atomic E-state index is 13.5. The first-order valence-electron chi connectivity index (χ1n) is 12.4. The Morgan fingerprint density at radius 2 is 1.63 bits per heavy atom. The van der Waals surface area contributed by atoms with E-state index in [0.29, 0.717) is 24.2 Å². The van der Waals surface area contributed by atoms with Crippen LogP contribution in [0.25, 0.3) is 22.5 Å². The van der Waals surface area contributed by atoms with Crippen molar-refractivity contribution in [2.75, 3.05) is 0 Å². The zero-order valence-electron chi connectivity index (χ0n) is 20.9. The Bertz CT molecular complexity index is 1620. The molecule has 0 saturated heterocycles. The van der Waals surface area contributed by atoms with E-state index in [4.69, 9.17) is 0 Å². The van der Waals surface area contributed by atoms with E-state index in [9.17, 15) is 14.4 Å². The molecule has 0 radical (unpaired) electrons. The molecule has 1 N–H and O–H groups in total. The first kappa shape index (κ1) is 24.8. The van der Waals surface area contributed by atoms with Gasteiger partial charge in [-0.3, -0.25) is 14.2 Å². The number of carbonyl (C=O) groups excluding carboxylic acids is 2. The summed E-state index contributed by atoms with van der Waals surface area (Å²) in [6, 6.07) is 24.8. The molecule has 9 nitrogen and oxygen atoms in total. The highest BCUT2D eigenvalue weighted by molar-refractivity contribution is 5.88. The van der Waals surface area contributed by atoms with Crippen LogP contribution in [0.15, 0.2) is 83.7 Å². The van der Waals surface area contributed by atoms with Crippen LogP contribution in [0.5, 0.6) is 0 Å². The highest BCUT2D eigenvalue weighted by atomic mass is 16.2. The summed E-state index contributed by atoms with van der Waals surface area (Å²) in [5, 5.41) is 14.3. The number of aldehydes is 1. The maximum Gasteiger partial charge on any atom is 0.336 e. The largest absolute Gasteiger partial charge is 0.336 e. The van der Waals surface area contributed by atoms with Crippen molar-refractivity contribution in [1.82, 2.24) is 29.8 Å². The number of hydrogen-bond donors (Lipinski definition) is 1. The normalized spacial score (nSPS) is 11.0. The molecule has 2 heterocycles. The van der Waals surface area contributed by atoms with Crippen molar-refractivity contribution in [1.29, 1.82) is 0 Å². The lowest BCUT2D eigenvalue weighted by atomic mass is 9.98. The SMILES string of the molecule is CCCc1c(C=O)n(C(=O)Cc2ccccc2)c(=O)n1Cc1ccc(-c2ccccc2-c2nn[nH]n2)cc1. The number of tetrazole rings is 1. The molecule has 0 aliphatic rings. The lowest BCUT2D eigenvalue weighted by Crippen LogP contribution is -2.31. The summed E-state index contributed by atoms with van der Waals surface area (Å²) >= 11 is 0. The number of aromatic nitrogens is 6. The Hall–Kier alpha value is -4.92. The van der Waals surface area contributed by atoms with E-state index in [-0.39, 0.29) is 18.7 Å². The van der Waals surface area contributed by atoms with Gasteiger partial charge in [0.15, 0.2) is 6.29 Å². The van der Waals surface area contributed by atoms with Crippen LogP contribution in [-0.4, -0.2) is 42.0 Å². The highest BCUT2D eigenvalue weighted by Crippen LogP contribution is 2.29. The summed E-state index contributed by atoms with van der Waals surface area (Å²) in [5.41, 5.74) is 4.61. The minimum absolute atomic E-state index is 0.0334. The van der Waals surface area contributed by atoms with Gasteiger partial charge in [0, 0.05) is 5.56 Å². The van der Waals surface area contributed by atoms with Gasteiger partial charge in [0.25, 0.3) is 0 Å². The zero-order chi connectivity index (χ0) is 26.5. The molecule has 2 aromatic heterocycles. The topological polar surface area (TPSA) is 116 Å². The lowest BCUT2D eigenvalue weighted by molar-refractivity contribution is 0.0898. The van der Waals surface area contributed by atoms with Crippen LogP contribution in [0.2, 0.25) is 0 Å². The number of aromatic amines is 1. The van der Waals surface area contributed by atoms with Gasteiger partial charge in [-0.15, -0.1) is 10.2 Å². The summed E-state index contributed by atoms with van der Waals surface area (Å²) < 4.78 is 2.57. The quantitative estimate of drug-likeness (QED) is 0.300. The molecule has 9 heteroatoms. The summed E-state index contributed by atoms with van der Waals surface area (Å²) in [5.74, 6) is 0.0798.